The van der Waals surface area contributed by atoms with Crippen LogP contribution in [0.2, 0.25) is 0 Å². The number of hydrogen-bond acceptors (Lipinski definition) is 3. The number of carbonyl (C=O) groups excluding carboxylic acids is 1. The molecule has 1 amide bonds. The number of carbonyl (C=O) groups is 1. The summed E-state index contributed by atoms with van der Waals surface area (Å²) < 4.78 is 8.64. The van der Waals surface area contributed by atoms with Gasteiger partial charge in [-0.3, -0.25) is 4.79 Å². The van der Waals surface area contributed by atoms with Gasteiger partial charge in [0.1, 0.15) is 17.4 Å². The van der Waals surface area contributed by atoms with Gasteiger partial charge in [-0.1, -0.05) is 30.7 Å². The molecule has 2 aliphatic rings. The zero-order valence-electron chi connectivity index (χ0n) is 17.3. The van der Waals surface area contributed by atoms with Crippen LogP contribution in [0.5, 0.6) is 5.75 Å². The summed E-state index contributed by atoms with van der Waals surface area (Å²) in [7, 11) is 2.01. The second kappa shape index (κ2) is 6.90. The van der Waals surface area contributed by atoms with Crippen LogP contribution in [0.4, 0.5) is 5.69 Å². The zero-order valence-corrected chi connectivity index (χ0v) is 17.3. The highest BCUT2D eigenvalue weighted by Crippen LogP contribution is 2.44. The molecule has 1 atom stereocenters. The summed E-state index contributed by atoms with van der Waals surface area (Å²) in [6.45, 7) is 4.13. The van der Waals surface area contributed by atoms with E-state index in [2.05, 4.69) is 47.1 Å². The number of imidazole rings is 1. The zero-order chi connectivity index (χ0) is 20.1. The molecule has 2 heterocycles. The lowest BCUT2D eigenvalue weighted by atomic mass is 9.84. The Morgan fingerprint density at radius 2 is 2.00 bits per heavy atom. The van der Waals surface area contributed by atoms with Crippen LogP contribution in [0.15, 0.2) is 30.3 Å². The molecule has 0 bridgehead atoms. The molecule has 1 aromatic heterocycles. The van der Waals surface area contributed by atoms with Crippen LogP contribution in [0.25, 0.3) is 11.0 Å². The van der Waals surface area contributed by atoms with Crippen molar-refractivity contribution in [2.75, 3.05) is 5.32 Å². The average molecular weight is 389 g/mol. The van der Waals surface area contributed by atoms with Crippen molar-refractivity contribution in [3.8, 4) is 5.75 Å². The highest BCUT2D eigenvalue weighted by molar-refractivity contribution is 5.98. The van der Waals surface area contributed by atoms with Gasteiger partial charge < -0.3 is 14.6 Å². The van der Waals surface area contributed by atoms with E-state index in [4.69, 9.17) is 9.72 Å². The third-order valence-corrected chi connectivity index (χ3v) is 6.64. The first-order chi connectivity index (χ1) is 14.0. The molecule has 3 aromatic rings. The second-order valence-electron chi connectivity index (χ2n) is 8.44. The number of anilines is 1. The number of ether oxygens (including phenoxy) is 1. The van der Waals surface area contributed by atoms with E-state index in [1.54, 1.807) is 0 Å². The molecular weight excluding hydrogens is 362 g/mol. The Labute approximate surface area is 171 Å². The first-order valence-electron chi connectivity index (χ1n) is 10.5. The molecule has 1 N–H and O–H groups in total. The Hall–Kier alpha value is -2.82. The standard InChI is InChI=1S/C24H27N3O2/c1-14-7-4-5-10-17(14)21-12-11-18-19(26-24(28)16-8-6-9-16)13-20-22(23(18)29-21)25-15(2)27(20)3/h4-5,7,10,13,16,21H,6,8-9,11-12H2,1-3H3,(H,26,28)/t21-/m0/s1. The predicted octanol–water partition coefficient (Wildman–Crippen LogP) is 5.00. The van der Waals surface area contributed by atoms with Crippen LogP contribution in [0.1, 0.15) is 54.3 Å². The number of nitrogens with zero attached hydrogens (tertiary/aromatic N) is 2. The highest BCUT2D eigenvalue weighted by Gasteiger charge is 2.31. The number of benzene rings is 2. The normalized spacial score (nSPS) is 18.8. The summed E-state index contributed by atoms with van der Waals surface area (Å²) in [5.74, 6) is 2.05. The summed E-state index contributed by atoms with van der Waals surface area (Å²) in [5, 5.41) is 3.21. The number of aryl methyl sites for hydroxylation is 3. The van der Waals surface area contributed by atoms with Crippen LogP contribution in [0, 0.1) is 19.8 Å². The number of nitrogens with one attached hydrogen (secondary N) is 1. The van der Waals surface area contributed by atoms with Gasteiger partial charge in [0.15, 0.2) is 5.75 Å². The molecular formula is C24H27N3O2. The number of amides is 1. The SMILES string of the molecule is Cc1ccccc1[C@@H]1CCc2c(NC(=O)C3CCC3)cc3c(nc(C)n3C)c2O1. The third kappa shape index (κ3) is 3.00. The van der Waals surface area contributed by atoms with E-state index in [1.807, 2.05) is 14.0 Å². The van der Waals surface area contributed by atoms with Crippen LogP contribution < -0.4 is 10.1 Å². The van der Waals surface area contributed by atoms with Crippen molar-refractivity contribution in [3.63, 3.8) is 0 Å². The highest BCUT2D eigenvalue weighted by atomic mass is 16.5. The fourth-order valence-corrected chi connectivity index (χ4v) is 4.48. The lowest BCUT2D eigenvalue weighted by Gasteiger charge is -2.30. The van der Waals surface area contributed by atoms with Gasteiger partial charge in [0.05, 0.1) is 5.52 Å². The van der Waals surface area contributed by atoms with Crippen LogP contribution in [-0.4, -0.2) is 15.5 Å². The minimum atomic E-state index is 0.00629. The third-order valence-electron chi connectivity index (χ3n) is 6.64. The van der Waals surface area contributed by atoms with E-state index < -0.39 is 0 Å². The van der Waals surface area contributed by atoms with Gasteiger partial charge in [-0.25, -0.2) is 4.98 Å². The molecule has 1 saturated carbocycles. The smallest absolute Gasteiger partial charge is 0.227 e. The van der Waals surface area contributed by atoms with Gasteiger partial charge in [-0.15, -0.1) is 0 Å². The maximum Gasteiger partial charge on any atom is 0.227 e. The Kier molecular flexibility index (Phi) is 4.34. The minimum absolute atomic E-state index is 0.00629. The van der Waals surface area contributed by atoms with E-state index >= 15 is 0 Å². The lowest BCUT2D eigenvalue weighted by molar-refractivity contribution is -0.122. The fraction of sp³-hybridized carbons (Fsp3) is 0.417. The molecule has 0 spiro atoms. The summed E-state index contributed by atoms with van der Waals surface area (Å²) in [6.07, 6.45) is 4.89. The van der Waals surface area contributed by atoms with Gasteiger partial charge in [0, 0.05) is 24.2 Å². The van der Waals surface area contributed by atoms with Crippen molar-refractivity contribution in [1.29, 1.82) is 0 Å². The fourth-order valence-electron chi connectivity index (χ4n) is 4.48. The maximum absolute atomic E-state index is 12.7. The Balaban J connectivity index is 1.59. The van der Waals surface area contributed by atoms with Gasteiger partial charge in [-0.05, 0) is 56.7 Å². The molecule has 2 aromatic carbocycles. The molecule has 0 radical (unpaired) electrons. The van der Waals surface area contributed by atoms with Gasteiger partial charge in [0.2, 0.25) is 5.91 Å². The van der Waals surface area contributed by atoms with Gasteiger partial charge >= 0.3 is 0 Å². The van der Waals surface area contributed by atoms with Gasteiger partial charge in [0.25, 0.3) is 0 Å². The van der Waals surface area contributed by atoms with Crippen molar-refractivity contribution in [2.45, 2.75) is 52.1 Å². The molecule has 5 rings (SSSR count). The van der Waals surface area contributed by atoms with Gasteiger partial charge in [-0.2, -0.15) is 0 Å². The minimum Gasteiger partial charge on any atom is -0.483 e. The van der Waals surface area contributed by atoms with Crippen molar-refractivity contribution < 1.29 is 9.53 Å². The van der Waals surface area contributed by atoms with Crippen LogP contribution in [-0.2, 0) is 18.3 Å². The molecule has 1 aliphatic heterocycles. The molecule has 0 unspecified atom stereocenters. The first kappa shape index (κ1) is 18.2. The Morgan fingerprint density at radius 3 is 2.72 bits per heavy atom. The Bertz CT molecular complexity index is 1110. The van der Waals surface area contributed by atoms with E-state index in [-0.39, 0.29) is 17.9 Å². The lowest BCUT2D eigenvalue weighted by Crippen LogP contribution is -2.29. The van der Waals surface area contributed by atoms with Crippen molar-refractivity contribution in [3.05, 3.63) is 52.8 Å². The average Bonchev–Trinajstić information content (AvgIpc) is 2.95. The number of fused-ring (bicyclic) bond motifs is 3. The molecule has 1 aliphatic carbocycles. The molecule has 5 nitrogen and oxygen atoms in total. The summed E-state index contributed by atoms with van der Waals surface area (Å²) >= 11 is 0. The maximum atomic E-state index is 12.7. The summed E-state index contributed by atoms with van der Waals surface area (Å²) in [5.41, 5.74) is 6.31. The second-order valence-corrected chi connectivity index (χ2v) is 8.44. The summed E-state index contributed by atoms with van der Waals surface area (Å²) in [4.78, 5) is 17.4. The Morgan fingerprint density at radius 1 is 1.21 bits per heavy atom. The monoisotopic (exact) mass is 389 g/mol. The van der Waals surface area contributed by atoms with Crippen molar-refractivity contribution >= 4 is 22.6 Å². The molecule has 5 heteroatoms. The number of hydrogen-bond donors (Lipinski definition) is 1. The quantitative estimate of drug-likeness (QED) is 0.686. The molecule has 150 valence electrons. The predicted molar refractivity (Wildman–Crippen MR) is 114 cm³/mol. The number of rotatable bonds is 3. The topological polar surface area (TPSA) is 56.2 Å². The molecule has 1 fully saturated rings. The molecule has 0 saturated heterocycles. The molecule has 29 heavy (non-hydrogen) atoms. The van der Waals surface area contributed by atoms with E-state index in [9.17, 15) is 4.79 Å². The van der Waals surface area contributed by atoms with E-state index in [0.29, 0.717) is 0 Å². The van der Waals surface area contributed by atoms with E-state index in [0.717, 1.165) is 66.0 Å². The van der Waals surface area contributed by atoms with Crippen molar-refractivity contribution in [2.24, 2.45) is 13.0 Å². The summed E-state index contributed by atoms with van der Waals surface area (Å²) in [6, 6.07) is 10.5. The van der Waals surface area contributed by atoms with Crippen LogP contribution in [0.3, 0.4) is 0 Å². The largest absolute Gasteiger partial charge is 0.483 e. The number of aromatic nitrogens is 2. The van der Waals surface area contributed by atoms with Crippen molar-refractivity contribution in [1.82, 2.24) is 9.55 Å². The van der Waals surface area contributed by atoms with E-state index in [1.165, 1.54) is 11.1 Å². The van der Waals surface area contributed by atoms with Crippen LogP contribution >= 0.6 is 0 Å². The first-order valence-corrected chi connectivity index (χ1v) is 10.5.